The van der Waals surface area contributed by atoms with E-state index in [-0.39, 0.29) is 24.2 Å². The third-order valence-electron chi connectivity index (χ3n) is 4.98. The molecule has 7 heteroatoms. The fourth-order valence-corrected chi connectivity index (χ4v) is 3.17. The van der Waals surface area contributed by atoms with Crippen LogP contribution < -0.4 is 14.8 Å². The summed E-state index contributed by atoms with van der Waals surface area (Å²) in [4.78, 5) is 16.8. The fraction of sp³-hybridized carbons (Fsp3) is 0.208. The molecule has 158 valence electrons. The van der Waals surface area contributed by atoms with Crippen LogP contribution in [0.5, 0.6) is 11.5 Å². The Morgan fingerprint density at radius 2 is 1.84 bits per heavy atom. The van der Waals surface area contributed by atoms with E-state index < -0.39 is 0 Å². The van der Waals surface area contributed by atoms with Gasteiger partial charge in [0.15, 0.2) is 11.5 Å². The number of hydrogen-bond acceptors (Lipinski definition) is 6. The lowest BCUT2D eigenvalue weighted by Crippen LogP contribution is -2.26. The van der Waals surface area contributed by atoms with Gasteiger partial charge in [-0.05, 0) is 60.5 Å². The number of aryl methyl sites for hydroxylation is 1. The lowest BCUT2D eigenvalue weighted by atomic mass is 10.0. The van der Waals surface area contributed by atoms with Crippen LogP contribution in [0, 0.1) is 6.92 Å². The molecule has 0 aliphatic carbocycles. The first-order valence-electron chi connectivity index (χ1n) is 9.91. The SMILES string of the molecule is COc1ccc2cc(C(C)NC(=O)c3cc(COc4ccc(C)nc4)on3)ccc2c1. The Morgan fingerprint density at radius 1 is 1.06 bits per heavy atom. The smallest absolute Gasteiger partial charge is 0.273 e. The van der Waals surface area contributed by atoms with Gasteiger partial charge in [-0.15, -0.1) is 0 Å². The minimum Gasteiger partial charge on any atom is -0.497 e. The third kappa shape index (κ3) is 4.83. The van der Waals surface area contributed by atoms with Gasteiger partial charge in [0, 0.05) is 11.8 Å². The maximum atomic E-state index is 12.6. The molecule has 4 rings (SSSR count). The zero-order valence-electron chi connectivity index (χ0n) is 17.6. The van der Waals surface area contributed by atoms with Crippen LogP contribution in [-0.4, -0.2) is 23.2 Å². The second kappa shape index (κ2) is 8.87. The molecule has 0 aliphatic heterocycles. The van der Waals surface area contributed by atoms with E-state index >= 15 is 0 Å². The highest BCUT2D eigenvalue weighted by Gasteiger charge is 2.16. The highest BCUT2D eigenvalue weighted by atomic mass is 16.5. The summed E-state index contributed by atoms with van der Waals surface area (Å²) in [6.45, 7) is 3.99. The summed E-state index contributed by atoms with van der Waals surface area (Å²) in [5.74, 6) is 1.58. The molecule has 0 fully saturated rings. The molecule has 2 aromatic heterocycles. The summed E-state index contributed by atoms with van der Waals surface area (Å²) in [5.41, 5.74) is 2.11. The van der Waals surface area contributed by atoms with Gasteiger partial charge >= 0.3 is 0 Å². The van der Waals surface area contributed by atoms with Gasteiger partial charge in [-0.2, -0.15) is 0 Å². The van der Waals surface area contributed by atoms with Crippen LogP contribution in [0.25, 0.3) is 10.8 Å². The van der Waals surface area contributed by atoms with Crippen LogP contribution >= 0.6 is 0 Å². The highest BCUT2D eigenvalue weighted by Crippen LogP contribution is 2.24. The molecule has 1 unspecified atom stereocenters. The molecular weight excluding hydrogens is 394 g/mol. The van der Waals surface area contributed by atoms with Gasteiger partial charge in [-0.1, -0.05) is 23.4 Å². The van der Waals surface area contributed by atoms with Crippen molar-refractivity contribution in [2.75, 3.05) is 7.11 Å². The van der Waals surface area contributed by atoms with E-state index in [4.69, 9.17) is 14.0 Å². The normalized spacial score (nSPS) is 11.8. The molecule has 1 N–H and O–H groups in total. The van der Waals surface area contributed by atoms with E-state index in [1.165, 1.54) is 0 Å². The van der Waals surface area contributed by atoms with Crippen molar-refractivity contribution in [1.82, 2.24) is 15.5 Å². The molecule has 31 heavy (non-hydrogen) atoms. The van der Waals surface area contributed by atoms with Crippen molar-refractivity contribution < 1.29 is 18.8 Å². The van der Waals surface area contributed by atoms with Crippen molar-refractivity contribution in [3.8, 4) is 11.5 Å². The predicted molar refractivity (Wildman–Crippen MR) is 116 cm³/mol. The molecule has 1 amide bonds. The van der Waals surface area contributed by atoms with E-state index in [0.717, 1.165) is 27.8 Å². The van der Waals surface area contributed by atoms with Crippen molar-refractivity contribution in [1.29, 1.82) is 0 Å². The van der Waals surface area contributed by atoms with Gasteiger partial charge in [0.1, 0.15) is 18.1 Å². The Morgan fingerprint density at radius 3 is 2.61 bits per heavy atom. The molecule has 0 spiro atoms. The lowest BCUT2D eigenvalue weighted by molar-refractivity contribution is 0.0930. The number of nitrogens with one attached hydrogen (secondary N) is 1. The van der Waals surface area contributed by atoms with Crippen molar-refractivity contribution in [3.63, 3.8) is 0 Å². The first kappa shape index (κ1) is 20.4. The molecule has 0 saturated heterocycles. The quantitative estimate of drug-likeness (QED) is 0.473. The number of amides is 1. The van der Waals surface area contributed by atoms with Crippen LogP contribution in [0.15, 0.2) is 65.3 Å². The van der Waals surface area contributed by atoms with Crippen LogP contribution in [0.2, 0.25) is 0 Å². The molecule has 4 aromatic rings. The predicted octanol–water partition coefficient (Wildman–Crippen LogP) is 4.61. The number of carbonyl (C=O) groups is 1. The number of pyridine rings is 1. The molecule has 0 aliphatic rings. The van der Waals surface area contributed by atoms with Crippen molar-refractivity contribution >= 4 is 16.7 Å². The zero-order valence-corrected chi connectivity index (χ0v) is 17.6. The summed E-state index contributed by atoms with van der Waals surface area (Å²) in [7, 11) is 1.65. The van der Waals surface area contributed by atoms with E-state index in [0.29, 0.717) is 11.5 Å². The topological polar surface area (TPSA) is 86.5 Å². The molecule has 2 aromatic carbocycles. The van der Waals surface area contributed by atoms with Crippen LogP contribution in [0.1, 0.15) is 40.5 Å². The number of hydrogen-bond donors (Lipinski definition) is 1. The van der Waals surface area contributed by atoms with E-state index in [1.807, 2.05) is 56.3 Å². The number of ether oxygens (including phenoxy) is 2. The van der Waals surface area contributed by atoms with Crippen molar-refractivity contribution in [3.05, 3.63) is 83.5 Å². The Kier molecular flexibility index (Phi) is 5.84. The van der Waals surface area contributed by atoms with Crippen LogP contribution in [0.3, 0.4) is 0 Å². The van der Waals surface area contributed by atoms with E-state index in [1.54, 1.807) is 19.4 Å². The second-order valence-corrected chi connectivity index (χ2v) is 7.27. The maximum Gasteiger partial charge on any atom is 0.273 e. The molecule has 2 heterocycles. The average Bonchev–Trinajstić information content (AvgIpc) is 3.27. The Balaban J connectivity index is 1.38. The van der Waals surface area contributed by atoms with Gasteiger partial charge < -0.3 is 19.3 Å². The molecule has 0 bridgehead atoms. The van der Waals surface area contributed by atoms with Crippen molar-refractivity contribution in [2.24, 2.45) is 0 Å². The fourth-order valence-electron chi connectivity index (χ4n) is 3.17. The number of aromatic nitrogens is 2. The zero-order chi connectivity index (χ0) is 21.8. The summed E-state index contributed by atoms with van der Waals surface area (Å²) < 4.78 is 16.1. The summed E-state index contributed by atoms with van der Waals surface area (Å²) in [6.07, 6.45) is 1.64. The van der Waals surface area contributed by atoms with Crippen LogP contribution in [-0.2, 0) is 6.61 Å². The number of benzene rings is 2. The molecule has 0 radical (unpaired) electrons. The van der Waals surface area contributed by atoms with E-state index in [2.05, 4.69) is 21.5 Å². The summed E-state index contributed by atoms with van der Waals surface area (Å²) in [5, 5.41) is 8.97. The first-order chi connectivity index (χ1) is 15.0. The standard InChI is InChI=1S/C24H23N3O4/c1-15-4-8-21(13-25-15)30-14-22-12-23(27-31-22)24(28)26-16(2)17-5-6-19-11-20(29-3)9-7-18(19)10-17/h4-13,16H,14H2,1-3H3,(H,26,28). The summed E-state index contributed by atoms with van der Waals surface area (Å²) >= 11 is 0. The van der Waals surface area contributed by atoms with Gasteiger partial charge in [-0.25, -0.2) is 0 Å². The molecule has 1 atom stereocenters. The number of methoxy groups -OCH3 is 1. The minimum absolute atomic E-state index is 0.161. The van der Waals surface area contributed by atoms with Crippen LogP contribution in [0.4, 0.5) is 0 Å². The van der Waals surface area contributed by atoms with Gasteiger partial charge in [0.05, 0.1) is 19.3 Å². The van der Waals surface area contributed by atoms with Gasteiger partial charge in [0.2, 0.25) is 0 Å². The number of carbonyl (C=O) groups excluding carboxylic acids is 1. The Labute approximate surface area is 180 Å². The average molecular weight is 417 g/mol. The first-order valence-corrected chi connectivity index (χ1v) is 9.91. The largest absolute Gasteiger partial charge is 0.497 e. The highest BCUT2D eigenvalue weighted by molar-refractivity contribution is 5.92. The Hall–Kier alpha value is -3.87. The van der Waals surface area contributed by atoms with Crippen molar-refractivity contribution in [2.45, 2.75) is 26.5 Å². The molecule has 7 nitrogen and oxygen atoms in total. The summed E-state index contributed by atoms with van der Waals surface area (Å²) in [6, 6.07) is 17.0. The van der Waals surface area contributed by atoms with Gasteiger partial charge in [0.25, 0.3) is 5.91 Å². The number of fused-ring (bicyclic) bond motifs is 1. The lowest BCUT2D eigenvalue weighted by Gasteiger charge is -2.14. The van der Waals surface area contributed by atoms with E-state index in [9.17, 15) is 4.79 Å². The van der Waals surface area contributed by atoms with Gasteiger partial charge in [-0.3, -0.25) is 9.78 Å². The number of rotatable bonds is 7. The third-order valence-corrected chi connectivity index (χ3v) is 4.98. The Bertz CT molecular complexity index is 1200. The minimum atomic E-state index is -0.311. The molecule has 0 saturated carbocycles. The molecular formula is C24H23N3O4. The maximum absolute atomic E-state index is 12.6. The second-order valence-electron chi connectivity index (χ2n) is 7.27. The monoisotopic (exact) mass is 417 g/mol. The number of nitrogens with zero attached hydrogens (tertiary/aromatic N) is 2.